The number of benzene rings is 2. The van der Waals surface area contributed by atoms with E-state index in [0.717, 1.165) is 35.3 Å². The number of amides is 2. The minimum Gasteiger partial charge on any atom is -0.454 e. The molecule has 1 aliphatic heterocycles. The molecule has 2 amide bonds. The van der Waals surface area contributed by atoms with Crippen LogP contribution in [0.5, 0.6) is 11.5 Å². The van der Waals surface area contributed by atoms with Crippen LogP contribution in [0.2, 0.25) is 0 Å². The van der Waals surface area contributed by atoms with Gasteiger partial charge in [0.05, 0.1) is 0 Å². The van der Waals surface area contributed by atoms with Gasteiger partial charge in [-0.25, -0.2) is 0 Å². The van der Waals surface area contributed by atoms with Crippen molar-refractivity contribution in [1.82, 2.24) is 10.2 Å². The van der Waals surface area contributed by atoms with E-state index in [0.29, 0.717) is 38.1 Å². The van der Waals surface area contributed by atoms with E-state index in [9.17, 15) is 9.59 Å². The molecule has 6 nitrogen and oxygen atoms in total. The lowest BCUT2D eigenvalue weighted by atomic mass is 10.0. The minimum atomic E-state index is -0.489. The Hall–Kier alpha value is -3.02. The van der Waals surface area contributed by atoms with Crippen LogP contribution in [-0.4, -0.2) is 36.1 Å². The Labute approximate surface area is 190 Å². The number of unbranched alkanes of at least 4 members (excludes halogenated alkanes) is 1. The van der Waals surface area contributed by atoms with Crippen LogP contribution in [0.4, 0.5) is 0 Å². The van der Waals surface area contributed by atoms with Crippen molar-refractivity contribution in [1.29, 1.82) is 0 Å². The number of hydrogen-bond acceptors (Lipinski definition) is 4. The van der Waals surface area contributed by atoms with Gasteiger partial charge in [0.15, 0.2) is 11.5 Å². The average molecular weight is 439 g/mol. The second-order valence-corrected chi connectivity index (χ2v) is 8.27. The van der Waals surface area contributed by atoms with E-state index in [1.807, 2.05) is 50.2 Å². The number of carbonyl (C=O) groups is 2. The molecule has 3 rings (SSSR count). The standard InChI is InChI=1S/C26H34N2O4/c1-4-6-14-27-26(30)22(5-2)28(17-21-9-7-8-19(3)15-21)25(29)13-11-20-10-12-23-24(16-20)32-18-31-23/h7-10,12,15-16,22H,4-6,11,13-14,17-18H2,1-3H3,(H,27,30). The third kappa shape index (κ3) is 6.25. The molecule has 1 heterocycles. The summed E-state index contributed by atoms with van der Waals surface area (Å²) in [4.78, 5) is 28.0. The molecule has 1 aliphatic rings. The van der Waals surface area contributed by atoms with Crippen LogP contribution in [0.1, 0.15) is 56.2 Å². The van der Waals surface area contributed by atoms with Gasteiger partial charge in [-0.05, 0) is 49.4 Å². The van der Waals surface area contributed by atoms with Gasteiger partial charge in [0, 0.05) is 19.5 Å². The third-order valence-corrected chi connectivity index (χ3v) is 5.72. The quantitative estimate of drug-likeness (QED) is 0.529. The highest BCUT2D eigenvalue weighted by molar-refractivity contribution is 5.87. The van der Waals surface area contributed by atoms with Gasteiger partial charge in [0.2, 0.25) is 18.6 Å². The summed E-state index contributed by atoms with van der Waals surface area (Å²) < 4.78 is 10.8. The predicted molar refractivity (Wildman–Crippen MR) is 125 cm³/mol. The first-order valence-electron chi connectivity index (χ1n) is 11.5. The summed E-state index contributed by atoms with van der Waals surface area (Å²) in [5, 5.41) is 3.01. The summed E-state index contributed by atoms with van der Waals surface area (Å²) in [6.45, 7) is 7.36. The maximum absolute atomic E-state index is 13.4. The molecule has 0 aromatic heterocycles. The number of nitrogens with one attached hydrogen (secondary N) is 1. The normalized spacial score (nSPS) is 13.0. The fourth-order valence-electron chi connectivity index (χ4n) is 3.92. The second kappa shape index (κ2) is 11.6. The largest absolute Gasteiger partial charge is 0.454 e. The molecule has 0 spiro atoms. The Balaban J connectivity index is 1.73. The van der Waals surface area contributed by atoms with E-state index in [-0.39, 0.29) is 18.6 Å². The number of carbonyl (C=O) groups excluding carboxylic acids is 2. The highest BCUT2D eigenvalue weighted by Gasteiger charge is 2.28. The highest BCUT2D eigenvalue weighted by Crippen LogP contribution is 2.32. The first-order chi connectivity index (χ1) is 15.5. The molecule has 1 atom stereocenters. The van der Waals surface area contributed by atoms with Gasteiger partial charge >= 0.3 is 0 Å². The molecule has 1 unspecified atom stereocenters. The lowest BCUT2D eigenvalue weighted by molar-refractivity contribution is -0.141. The molecule has 0 aliphatic carbocycles. The van der Waals surface area contributed by atoms with Gasteiger partial charge in [0.25, 0.3) is 0 Å². The molecule has 6 heteroatoms. The average Bonchev–Trinajstić information content (AvgIpc) is 3.25. The fraction of sp³-hybridized carbons (Fsp3) is 0.462. The van der Waals surface area contributed by atoms with E-state index < -0.39 is 6.04 Å². The smallest absolute Gasteiger partial charge is 0.242 e. The van der Waals surface area contributed by atoms with Gasteiger partial charge in [-0.1, -0.05) is 56.2 Å². The number of rotatable bonds is 11. The summed E-state index contributed by atoms with van der Waals surface area (Å²) in [6, 6.07) is 13.4. The summed E-state index contributed by atoms with van der Waals surface area (Å²) in [5.41, 5.74) is 3.18. The Bertz CT molecular complexity index is 928. The molecule has 0 bridgehead atoms. The number of nitrogens with zero attached hydrogens (tertiary/aromatic N) is 1. The summed E-state index contributed by atoms with van der Waals surface area (Å²) in [5.74, 6) is 1.34. The molecule has 2 aromatic rings. The second-order valence-electron chi connectivity index (χ2n) is 8.27. The van der Waals surface area contributed by atoms with Gasteiger partial charge in [-0.3, -0.25) is 9.59 Å². The molecule has 1 N–H and O–H groups in total. The van der Waals surface area contributed by atoms with Gasteiger partial charge in [-0.2, -0.15) is 0 Å². The SMILES string of the molecule is CCCCNC(=O)C(CC)N(Cc1cccc(C)c1)C(=O)CCc1ccc2c(c1)OCO2. The topological polar surface area (TPSA) is 67.9 Å². The Kier molecular flexibility index (Phi) is 8.54. The maximum atomic E-state index is 13.4. The lowest BCUT2D eigenvalue weighted by Crippen LogP contribution is -2.49. The highest BCUT2D eigenvalue weighted by atomic mass is 16.7. The molecule has 0 radical (unpaired) electrons. The maximum Gasteiger partial charge on any atom is 0.242 e. The van der Waals surface area contributed by atoms with Crippen molar-refractivity contribution in [3.05, 3.63) is 59.2 Å². The van der Waals surface area contributed by atoms with Crippen molar-refractivity contribution < 1.29 is 19.1 Å². The zero-order valence-corrected chi connectivity index (χ0v) is 19.4. The fourth-order valence-corrected chi connectivity index (χ4v) is 3.92. The molecule has 2 aromatic carbocycles. The molecular formula is C26H34N2O4. The first-order valence-corrected chi connectivity index (χ1v) is 11.5. The summed E-state index contributed by atoms with van der Waals surface area (Å²) in [6.07, 6.45) is 3.41. The van der Waals surface area contributed by atoms with Crippen molar-refractivity contribution in [2.24, 2.45) is 0 Å². The monoisotopic (exact) mass is 438 g/mol. The van der Waals surface area contributed by atoms with Crippen LogP contribution in [0.3, 0.4) is 0 Å². The predicted octanol–water partition coefficient (Wildman–Crippen LogP) is 4.38. The van der Waals surface area contributed by atoms with E-state index >= 15 is 0 Å². The molecule has 0 fully saturated rings. The minimum absolute atomic E-state index is 0.0262. The van der Waals surface area contributed by atoms with Crippen LogP contribution >= 0.6 is 0 Å². The van der Waals surface area contributed by atoms with Crippen molar-refractivity contribution in [3.8, 4) is 11.5 Å². The molecular weight excluding hydrogens is 404 g/mol. The zero-order chi connectivity index (χ0) is 22.9. The first kappa shape index (κ1) is 23.6. The van der Waals surface area contributed by atoms with Gasteiger partial charge in [-0.15, -0.1) is 0 Å². The third-order valence-electron chi connectivity index (χ3n) is 5.72. The van der Waals surface area contributed by atoms with Crippen molar-refractivity contribution in [2.75, 3.05) is 13.3 Å². The van der Waals surface area contributed by atoms with E-state index in [2.05, 4.69) is 18.3 Å². The number of ether oxygens (including phenoxy) is 2. The molecule has 0 saturated carbocycles. The van der Waals surface area contributed by atoms with E-state index in [4.69, 9.17) is 9.47 Å². The van der Waals surface area contributed by atoms with E-state index in [1.165, 1.54) is 0 Å². The zero-order valence-electron chi connectivity index (χ0n) is 19.4. The lowest BCUT2D eigenvalue weighted by Gasteiger charge is -2.31. The summed E-state index contributed by atoms with van der Waals surface area (Å²) in [7, 11) is 0. The van der Waals surface area contributed by atoms with Gasteiger partial charge in [0.1, 0.15) is 6.04 Å². The molecule has 32 heavy (non-hydrogen) atoms. The molecule has 0 saturated heterocycles. The van der Waals surface area contributed by atoms with Crippen LogP contribution in [0.25, 0.3) is 0 Å². The summed E-state index contributed by atoms with van der Waals surface area (Å²) >= 11 is 0. The van der Waals surface area contributed by atoms with Crippen LogP contribution in [0, 0.1) is 6.92 Å². The van der Waals surface area contributed by atoms with Crippen LogP contribution in [0.15, 0.2) is 42.5 Å². The number of hydrogen-bond donors (Lipinski definition) is 1. The van der Waals surface area contributed by atoms with Crippen molar-refractivity contribution in [2.45, 2.75) is 65.5 Å². The Morgan fingerprint density at radius 2 is 1.88 bits per heavy atom. The van der Waals surface area contributed by atoms with Crippen molar-refractivity contribution >= 4 is 11.8 Å². The van der Waals surface area contributed by atoms with Crippen LogP contribution in [-0.2, 0) is 22.6 Å². The number of aryl methyl sites for hydroxylation is 2. The Morgan fingerprint density at radius 3 is 2.62 bits per heavy atom. The van der Waals surface area contributed by atoms with Crippen LogP contribution < -0.4 is 14.8 Å². The Morgan fingerprint density at radius 1 is 1.06 bits per heavy atom. The van der Waals surface area contributed by atoms with Crippen molar-refractivity contribution in [3.63, 3.8) is 0 Å². The van der Waals surface area contributed by atoms with Gasteiger partial charge < -0.3 is 19.7 Å². The number of fused-ring (bicyclic) bond motifs is 1. The van der Waals surface area contributed by atoms with E-state index in [1.54, 1.807) is 4.90 Å². The molecule has 172 valence electrons.